The number of hydrogen-bond donors (Lipinski definition) is 2. The normalized spacial score (nSPS) is 19.9. The van der Waals surface area contributed by atoms with Crippen molar-refractivity contribution in [3.63, 3.8) is 0 Å². The number of hydrogen-bond acceptors (Lipinski definition) is 4. The molecule has 168 valence electrons. The summed E-state index contributed by atoms with van der Waals surface area (Å²) in [5.74, 6) is -0.177. The van der Waals surface area contributed by atoms with Crippen LogP contribution < -0.4 is 0 Å². The Kier molecular flexibility index (Phi) is 5.48. The summed E-state index contributed by atoms with van der Waals surface area (Å²) >= 11 is 0. The standard InChI is InChI=1S/C25H33FN2O3/c1-23(2,3)18-13-16(14-19(20(18)29)24(4,5)6)22-27(30)21(25(7,8)28(22)31)15-9-11-17(26)12-10-15/h9-14,22,29,31H,1-8H3. The van der Waals surface area contributed by atoms with Crippen molar-refractivity contribution in [2.75, 3.05) is 0 Å². The number of phenols is 1. The van der Waals surface area contributed by atoms with Gasteiger partial charge in [-0.1, -0.05) is 41.5 Å². The molecule has 1 heterocycles. The van der Waals surface area contributed by atoms with E-state index in [2.05, 4.69) is 0 Å². The van der Waals surface area contributed by atoms with Crippen molar-refractivity contribution in [2.24, 2.45) is 0 Å². The Morgan fingerprint density at radius 2 is 1.42 bits per heavy atom. The van der Waals surface area contributed by atoms with Crippen molar-refractivity contribution in [2.45, 2.75) is 77.9 Å². The molecule has 1 aliphatic heterocycles. The minimum atomic E-state index is -1.01. The SMILES string of the molecule is CC(C)(C)c1cc(C2N(O)C(C)(C)C(c3ccc(F)cc3)=[N+]2[O-])cc(C(C)(C)C)c1O. The summed E-state index contributed by atoms with van der Waals surface area (Å²) in [6.07, 6.45) is -1.00. The Hall–Kier alpha value is -2.44. The maximum absolute atomic E-state index is 13.5. The first-order valence-electron chi connectivity index (χ1n) is 10.5. The van der Waals surface area contributed by atoms with Crippen LogP contribution in [0.2, 0.25) is 0 Å². The van der Waals surface area contributed by atoms with E-state index in [4.69, 9.17) is 0 Å². The van der Waals surface area contributed by atoms with Gasteiger partial charge in [0.2, 0.25) is 5.71 Å². The van der Waals surface area contributed by atoms with Crippen LogP contribution in [0.4, 0.5) is 4.39 Å². The van der Waals surface area contributed by atoms with Crippen molar-refractivity contribution in [3.05, 3.63) is 69.7 Å². The zero-order valence-corrected chi connectivity index (χ0v) is 19.6. The van der Waals surface area contributed by atoms with Crippen LogP contribution in [0.15, 0.2) is 36.4 Å². The molecule has 0 aliphatic carbocycles. The van der Waals surface area contributed by atoms with E-state index in [1.165, 1.54) is 12.1 Å². The van der Waals surface area contributed by atoms with Crippen molar-refractivity contribution in [1.29, 1.82) is 0 Å². The van der Waals surface area contributed by atoms with Crippen LogP contribution in [0.1, 0.15) is 83.8 Å². The Labute approximate surface area is 184 Å². The molecule has 2 aromatic carbocycles. The molecule has 2 aromatic rings. The lowest BCUT2D eigenvalue weighted by Gasteiger charge is -2.30. The third-order valence-electron chi connectivity index (χ3n) is 5.99. The Bertz CT molecular complexity index is 993. The average molecular weight is 429 g/mol. The van der Waals surface area contributed by atoms with Gasteiger partial charge in [0.25, 0.3) is 6.17 Å². The highest BCUT2D eigenvalue weighted by atomic mass is 19.1. The number of halogens is 1. The number of nitrogens with zero attached hydrogens (tertiary/aromatic N) is 2. The van der Waals surface area contributed by atoms with Crippen LogP contribution in [-0.4, -0.2) is 31.4 Å². The number of aromatic hydroxyl groups is 1. The van der Waals surface area contributed by atoms with Crippen molar-refractivity contribution < 1.29 is 19.4 Å². The van der Waals surface area contributed by atoms with E-state index in [1.807, 2.05) is 41.5 Å². The summed E-state index contributed by atoms with van der Waals surface area (Å²) in [5.41, 5.74) is 1.17. The van der Waals surface area contributed by atoms with Crippen LogP contribution in [0.25, 0.3) is 0 Å². The predicted molar refractivity (Wildman–Crippen MR) is 120 cm³/mol. The number of hydroxylamine groups is 3. The van der Waals surface area contributed by atoms with Crippen LogP contribution in [0.5, 0.6) is 5.75 Å². The molecule has 0 spiro atoms. The Morgan fingerprint density at radius 1 is 0.968 bits per heavy atom. The summed E-state index contributed by atoms with van der Waals surface area (Å²) in [5, 5.41) is 36.7. The van der Waals surface area contributed by atoms with E-state index >= 15 is 0 Å². The molecule has 0 bridgehead atoms. The minimum absolute atomic E-state index is 0.214. The van der Waals surface area contributed by atoms with E-state index in [0.717, 1.165) is 9.80 Å². The first kappa shape index (κ1) is 23.2. The topological polar surface area (TPSA) is 69.8 Å². The van der Waals surface area contributed by atoms with Gasteiger partial charge in [-0.3, -0.25) is 0 Å². The molecule has 5 nitrogen and oxygen atoms in total. The Morgan fingerprint density at radius 3 is 1.84 bits per heavy atom. The summed E-state index contributed by atoms with van der Waals surface area (Å²) in [4.78, 5) is 0. The molecule has 6 heteroatoms. The highest BCUT2D eigenvalue weighted by Crippen LogP contribution is 2.44. The molecular formula is C25H33FN2O3. The van der Waals surface area contributed by atoms with E-state index in [-0.39, 0.29) is 16.6 Å². The lowest BCUT2D eigenvalue weighted by Crippen LogP contribution is -2.44. The van der Waals surface area contributed by atoms with Crippen molar-refractivity contribution in [1.82, 2.24) is 5.06 Å². The monoisotopic (exact) mass is 428 g/mol. The predicted octanol–water partition coefficient (Wildman–Crippen LogP) is 5.61. The number of rotatable bonds is 2. The van der Waals surface area contributed by atoms with Crippen LogP contribution in [-0.2, 0) is 10.8 Å². The van der Waals surface area contributed by atoms with Gasteiger partial charge in [-0.05, 0) is 61.1 Å². The van der Waals surface area contributed by atoms with Crippen LogP contribution >= 0.6 is 0 Å². The fraction of sp³-hybridized carbons (Fsp3) is 0.480. The van der Waals surface area contributed by atoms with Crippen molar-refractivity contribution >= 4 is 5.71 Å². The third kappa shape index (κ3) is 3.94. The maximum atomic E-state index is 13.5. The molecule has 2 N–H and O–H groups in total. The highest BCUT2D eigenvalue weighted by Gasteiger charge is 2.53. The first-order chi connectivity index (χ1) is 14.1. The minimum Gasteiger partial charge on any atom is -0.622 e. The molecule has 0 saturated carbocycles. The zero-order valence-electron chi connectivity index (χ0n) is 19.6. The maximum Gasteiger partial charge on any atom is 0.268 e. The van der Waals surface area contributed by atoms with Gasteiger partial charge in [0, 0.05) is 22.3 Å². The molecule has 0 fully saturated rings. The molecule has 0 amide bonds. The van der Waals surface area contributed by atoms with E-state index in [1.54, 1.807) is 38.1 Å². The summed E-state index contributed by atoms with van der Waals surface area (Å²) in [6, 6.07) is 9.30. The second-order valence-corrected chi connectivity index (χ2v) is 10.9. The Balaban J connectivity index is 2.27. The first-order valence-corrected chi connectivity index (χ1v) is 10.5. The molecule has 0 radical (unpaired) electrons. The van der Waals surface area contributed by atoms with Crippen molar-refractivity contribution in [3.8, 4) is 5.75 Å². The van der Waals surface area contributed by atoms with E-state index in [0.29, 0.717) is 28.0 Å². The number of benzene rings is 2. The fourth-order valence-corrected chi connectivity index (χ4v) is 4.22. The molecule has 1 unspecified atom stereocenters. The summed E-state index contributed by atoms with van der Waals surface area (Å²) in [7, 11) is 0. The largest absolute Gasteiger partial charge is 0.622 e. The lowest BCUT2D eigenvalue weighted by molar-refractivity contribution is -0.544. The smallest absolute Gasteiger partial charge is 0.268 e. The van der Waals surface area contributed by atoms with Gasteiger partial charge in [-0.15, -0.1) is 5.06 Å². The molecular weight excluding hydrogens is 395 g/mol. The van der Waals surface area contributed by atoms with Gasteiger partial charge in [0.15, 0.2) is 0 Å². The molecule has 1 atom stereocenters. The molecule has 1 aliphatic rings. The van der Waals surface area contributed by atoms with Crippen LogP contribution in [0.3, 0.4) is 0 Å². The fourth-order valence-electron chi connectivity index (χ4n) is 4.22. The molecule has 3 rings (SSSR count). The third-order valence-corrected chi connectivity index (χ3v) is 5.99. The van der Waals surface area contributed by atoms with Gasteiger partial charge < -0.3 is 15.5 Å². The van der Waals surface area contributed by atoms with Gasteiger partial charge in [-0.2, -0.15) is 4.74 Å². The van der Waals surface area contributed by atoms with Gasteiger partial charge >= 0.3 is 0 Å². The second kappa shape index (κ2) is 7.31. The average Bonchev–Trinajstić information content (AvgIpc) is 2.79. The van der Waals surface area contributed by atoms with E-state index < -0.39 is 17.5 Å². The number of phenolic OH excluding ortho intramolecular Hbond substituents is 1. The zero-order chi connectivity index (χ0) is 23.5. The van der Waals surface area contributed by atoms with Crippen LogP contribution in [0, 0.1) is 11.0 Å². The lowest BCUT2D eigenvalue weighted by atomic mass is 9.78. The molecule has 0 saturated heterocycles. The van der Waals surface area contributed by atoms with Gasteiger partial charge in [0.1, 0.15) is 17.1 Å². The molecule has 31 heavy (non-hydrogen) atoms. The molecule has 0 aromatic heterocycles. The van der Waals surface area contributed by atoms with Gasteiger partial charge in [-0.25, -0.2) is 4.39 Å². The summed E-state index contributed by atoms with van der Waals surface area (Å²) < 4.78 is 14.2. The van der Waals surface area contributed by atoms with E-state index in [9.17, 15) is 19.9 Å². The van der Waals surface area contributed by atoms with Gasteiger partial charge in [0.05, 0.1) is 0 Å². The summed E-state index contributed by atoms with van der Waals surface area (Å²) in [6.45, 7) is 15.5. The highest BCUT2D eigenvalue weighted by molar-refractivity contribution is 6.04. The second-order valence-electron chi connectivity index (χ2n) is 10.9. The quantitative estimate of drug-likeness (QED) is 0.482.